The van der Waals surface area contributed by atoms with Crippen LogP contribution in [0.25, 0.3) is 5.73 Å². The molecule has 1 heterocycles. The third-order valence-corrected chi connectivity index (χ3v) is 4.07. The summed E-state index contributed by atoms with van der Waals surface area (Å²) in [6.07, 6.45) is 3.11. The summed E-state index contributed by atoms with van der Waals surface area (Å²) in [5.41, 5.74) is 12.6. The van der Waals surface area contributed by atoms with Crippen molar-refractivity contribution in [2.45, 2.75) is 65.5 Å². The molecule has 5 N–H and O–H groups in total. The minimum Gasteiger partial charge on any atom is -0.677 e. The number of carboxylic acid groups (broad SMARTS) is 1. The Balaban J connectivity index is 0.000000531. The lowest BCUT2D eigenvalue weighted by atomic mass is 10.0. The molecule has 0 aromatic carbocycles. The Labute approximate surface area is 156 Å². The van der Waals surface area contributed by atoms with E-state index in [-0.39, 0.29) is 11.8 Å². The van der Waals surface area contributed by atoms with Crippen LogP contribution in [-0.4, -0.2) is 59.5 Å². The number of nitrogens with one attached hydrogen (secondary N) is 2. The molecule has 1 saturated heterocycles. The summed E-state index contributed by atoms with van der Waals surface area (Å²) in [5, 5.41) is 11.4. The highest BCUT2D eigenvalue weighted by molar-refractivity contribution is 5.86. The van der Waals surface area contributed by atoms with Crippen molar-refractivity contribution in [3.8, 4) is 0 Å². The maximum Gasteiger partial charge on any atom is 0.326 e. The molecule has 8 heteroatoms. The van der Waals surface area contributed by atoms with Gasteiger partial charge in [0.15, 0.2) is 0 Å². The quantitative estimate of drug-likeness (QED) is 0.566. The van der Waals surface area contributed by atoms with E-state index in [9.17, 15) is 14.4 Å². The molecule has 1 aliphatic heterocycles. The molecule has 0 aromatic heterocycles. The molecule has 0 saturated carbocycles. The summed E-state index contributed by atoms with van der Waals surface area (Å²) >= 11 is 0. The Morgan fingerprint density at radius 2 is 1.92 bits per heavy atom. The lowest BCUT2D eigenvalue weighted by molar-refractivity contribution is -0.143. The van der Waals surface area contributed by atoms with Crippen LogP contribution < -0.4 is 11.1 Å². The number of carboxylic acids is 1. The van der Waals surface area contributed by atoms with Crippen LogP contribution in [0.3, 0.4) is 0 Å². The highest BCUT2D eigenvalue weighted by atomic mass is 16.4. The molecule has 0 bridgehead atoms. The van der Waals surface area contributed by atoms with Crippen LogP contribution in [0.5, 0.6) is 0 Å². The van der Waals surface area contributed by atoms with Crippen LogP contribution in [0.1, 0.15) is 53.4 Å². The van der Waals surface area contributed by atoms with Gasteiger partial charge in [-0.1, -0.05) is 34.1 Å². The van der Waals surface area contributed by atoms with E-state index in [1.165, 1.54) is 0 Å². The molecule has 1 aliphatic rings. The molecule has 8 nitrogen and oxygen atoms in total. The van der Waals surface area contributed by atoms with Crippen LogP contribution in [0.2, 0.25) is 0 Å². The second kappa shape index (κ2) is 12.6. The molecule has 26 heavy (non-hydrogen) atoms. The second-order valence-corrected chi connectivity index (χ2v) is 7.39. The first-order valence-corrected chi connectivity index (χ1v) is 9.31. The van der Waals surface area contributed by atoms with Crippen molar-refractivity contribution in [2.75, 3.05) is 19.6 Å². The van der Waals surface area contributed by atoms with E-state index in [1.807, 2.05) is 18.7 Å². The van der Waals surface area contributed by atoms with Gasteiger partial charge in [-0.3, -0.25) is 9.59 Å². The van der Waals surface area contributed by atoms with Gasteiger partial charge in [0, 0.05) is 19.5 Å². The molecule has 0 spiro atoms. The fourth-order valence-corrected chi connectivity index (χ4v) is 2.60. The molecule has 2 atom stereocenters. The number of hydrogen-bond acceptors (Lipinski definition) is 4. The van der Waals surface area contributed by atoms with Crippen molar-refractivity contribution in [3.05, 3.63) is 5.73 Å². The van der Waals surface area contributed by atoms with Gasteiger partial charge < -0.3 is 26.8 Å². The van der Waals surface area contributed by atoms with Gasteiger partial charge in [-0.05, 0) is 24.7 Å². The minimum atomic E-state index is -1.03. The molecular formula is C18H35N4O4-. The summed E-state index contributed by atoms with van der Waals surface area (Å²) in [6, 6.07) is -1.51. The lowest BCUT2D eigenvalue weighted by Gasteiger charge is -2.21. The van der Waals surface area contributed by atoms with E-state index in [2.05, 4.69) is 5.32 Å². The number of hydrogen-bond donors (Lipinski definition) is 3. The SMILES string of the molecule is CC(C)C[C@H](N)C(=O)N[C@H](C(=O)O)C(C)C.[NH-]CCCN1CCCC1=O. The van der Waals surface area contributed by atoms with Gasteiger partial charge in [0.2, 0.25) is 11.8 Å². The van der Waals surface area contributed by atoms with Crippen LogP contribution in [0.15, 0.2) is 0 Å². The highest BCUT2D eigenvalue weighted by Gasteiger charge is 2.26. The van der Waals surface area contributed by atoms with Gasteiger partial charge in [-0.25, -0.2) is 4.79 Å². The maximum atomic E-state index is 11.6. The van der Waals surface area contributed by atoms with Gasteiger partial charge >= 0.3 is 5.97 Å². The zero-order valence-electron chi connectivity index (χ0n) is 16.5. The minimum absolute atomic E-state index is 0.160. The van der Waals surface area contributed by atoms with Crippen molar-refractivity contribution in [1.82, 2.24) is 10.2 Å². The van der Waals surface area contributed by atoms with Crippen molar-refractivity contribution >= 4 is 17.8 Å². The maximum absolute atomic E-state index is 11.6. The lowest BCUT2D eigenvalue weighted by Crippen LogP contribution is -2.50. The Kier molecular flexibility index (Phi) is 11.8. The molecule has 0 radical (unpaired) electrons. The summed E-state index contributed by atoms with van der Waals surface area (Å²) in [4.78, 5) is 35.3. The summed E-state index contributed by atoms with van der Waals surface area (Å²) in [5.74, 6) is -1.00. The molecule has 0 aliphatic carbocycles. The van der Waals surface area contributed by atoms with E-state index in [1.54, 1.807) is 13.8 Å². The van der Waals surface area contributed by atoms with Crippen molar-refractivity contribution in [2.24, 2.45) is 17.6 Å². The van der Waals surface area contributed by atoms with E-state index in [4.69, 9.17) is 16.6 Å². The number of rotatable bonds is 9. The fourth-order valence-electron chi connectivity index (χ4n) is 2.60. The van der Waals surface area contributed by atoms with E-state index in [0.29, 0.717) is 18.9 Å². The zero-order valence-corrected chi connectivity index (χ0v) is 16.5. The van der Waals surface area contributed by atoms with E-state index in [0.717, 1.165) is 32.4 Å². The predicted octanol–water partition coefficient (Wildman–Crippen LogP) is 1.64. The smallest absolute Gasteiger partial charge is 0.326 e. The largest absolute Gasteiger partial charge is 0.677 e. The summed E-state index contributed by atoms with van der Waals surface area (Å²) < 4.78 is 0. The third kappa shape index (κ3) is 9.72. The number of nitrogens with zero attached hydrogens (tertiary/aromatic N) is 1. The first-order chi connectivity index (χ1) is 12.1. The normalized spacial score (nSPS) is 16.3. The second-order valence-electron chi connectivity index (χ2n) is 7.39. The fraction of sp³-hybridized carbons (Fsp3) is 0.833. The number of carbonyl (C=O) groups is 3. The molecule has 1 fully saturated rings. The first-order valence-electron chi connectivity index (χ1n) is 9.31. The van der Waals surface area contributed by atoms with Crippen LogP contribution in [0.4, 0.5) is 0 Å². The number of nitrogens with two attached hydrogens (primary N) is 1. The molecule has 0 unspecified atom stereocenters. The standard InChI is InChI=1S/C11H22N2O3.C7H13N2O/c1-6(2)5-8(12)10(14)13-9(7(3)4)11(15)16;8-4-2-6-9-5-1-3-7(9)10/h6-9H,5,12H2,1-4H3,(H,13,14)(H,15,16);8H,1-6H2/q;-1/t8-,9-;/m0./s1. The first kappa shape index (κ1) is 24.3. The average Bonchev–Trinajstić information content (AvgIpc) is 2.94. The molecule has 2 amide bonds. The van der Waals surface area contributed by atoms with Gasteiger partial charge in [0.1, 0.15) is 6.04 Å². The molecule has 1 rings (SSSR count). The number of carbonyl (C=O) groups excluding carboxylic acids is 2. The Hall–Kier alpha value is -1.67. The molecule has 152 valence electrons. The van der Waals surface area contributed by atoms with Crippen LogP contribution >= 0.6 is 0 Å². The molecular weight excluding hydrogens is 336 g/mol. The van der Waals surface area contributed by atoms with Crippen molar-refractivity contribution < 1.29 is 19.5 Å². The topological polar surface area (TPSA) is 137 Å². The van der Waals surface area contributed by atoms with E-state index < -0.39 is 24.0 Å². The van der Waals surface area contributed by atoms with Gasteiger partial charge in [0.05, 0.1) is 6.04 Å². The van der Waals surface area contributed by atoms with Gasteiger partial charge in [-0.2, -0.15) is 0 Å². The Bertz CT molecular complexity index is 454. The predicted molar refractivity (Wildman–Crippen MR) is 101 cm³/mol. The van der Waals surface area contributed by atoms with Gasteiger partial charge in [-0.15, -0.1) is 6.54 Å². The van der Waals surface area contributed by atoms with Crippen LogP contribution in [0, 0.1) is 11.8 Å². The monoisotopic (exact) mass is 371 g/mol. The number of aliphatic carboxylic acids is 1. The van der Waals surface area contributed by atoms with Crippen LogP contribution in [-0.2, 0) is 14.4 Å². The average molecular weight is 372 g/mol. The number of likely N-dealkylation sites (tertiary alicyclic amines) is 1. The summed E-state index contributed by atoms with van der Waals surface area (Å²) in [6.45, 7) is 9.56. The van der Waals surface area contributed by atoms with E-state index >= 15 is 0 Å². The highest BCUT2D eigenvalue weighted by Crippen LogP contribution is 2.09. The Morgan fingerprint density at radius 1 is 1.31 bits per heavy atom. The van der Waals surface area contributed by atoms with Crippen molar-refractivity contribution in [1.29, 1.82) is 0 Å². The third-order valence-electron chi connectivity index (χ3n) is 4.07. The summed E-state index contributed by atoms with van der Waals surface area (Å²) in [7, 11) is 0. The zero-order chi connectivity index (χ0) is 20.3. The Morgan fingerprint density at radius 3 is 2.31 bits per heavy atom. The molecule has 0 aromatic rings. The van der Waals surface area contributed by atoms with Crippen molar-refractivity contribution in [3.63, 3.8) is 0 Å². The van der Waals surface area contributed by atoms with Gasteiger partial charge in [0.25, 0.3) is 0 Å². The number of amides is 2.